The molecular formula is C25H22FN3O3. The van der Waals surface area contributed by atoms with Crippen molar-refractivity contribution in [2.75, 3.05) is 19.0 Å². The molecule has 2 heterocycles. The summed E-state index contributed by atoms with van der Waals surface area (Å²) in [7, 11) is 1.57. The monoisotopic (exact) mass is 431 g/mol. The zero-order valence-electron chi connectivity index (χ0n) is 17.5. The number of aromatic nitrogens is 1. The summed E-state index contributed by atoms with van der Waals surface area (Å²) in [5.41, 5.74) is 3.10. The number of carbonyl (C=O) groups excluding carboxylic acids is 1. The molecule has 1 atom stereocenters. The maximum atomic E-state index is 14.2. The van der Waals surface area contributed by atoms with Gasteiger partial charge in [0.2, 0.25) is 5.89 Å². The molecule has 0 radical (unpaired) electrons. The Morgan fingerprint density at radius 3 is 2.81 bits per heavy atom. The van der Waals surface area contributed by atoms with Gasteiger partial charge < -0.3 is 19.4 Å². The van der Waals surface area contributed by atoms with E-state index >= 15 is 0 Å². The highest BCUT2D eigenvalue weighted by Crippen LogP contribution is 2.35. The second-order valence-corrected chi connectivity index (χ2v) is 7.70. The minimum Gasteiger partial charge on any atom is -0.495 e. The summed E-state index contributed by atoms with van der Waals surface area (Å²) in [5, 5.41) is 2.92. The van der Waals surface area contributed by atoms with E-state index < -0.39 is 0 Å². The van der Waals surface area contributed by atoms with Crippen LogP contribution in [0.5, 0.6) is 5.75 Å². The van der Waals surface area contributed by atoms with Crippen LogP contribution in [-0.4, -0.2) is 29.6 Å². The topological polar surface area (TPSA) is 67.6 Å². The van der Waals surface area contributed by atoms with Crippen LogP contribution in [0.2, 0.25) is 0 Å². The lowest BCUT2D eigenvalue weighted by Crippen LogP contribution is -2.34. The molecule has 1 saturated heterocycles. The predicted octanol–water partition coefficient (Wildman–Crippen LogP) is 6.01. The zero-order valence-corrected chi connectivity index (χ0v) is 17.5. The Hall–Kier alpha value is -3.87. The second kappa shape index (κ2) is 8.34. The molecule has 162 valence electrons. The van der Waals surface area contributed by atoms with Gasteiger partial charge in [-0.3, -0.25) is 0 Å². The van der Waals surface area contributed by atoms with Gasteiger partial charge >= 0.3 is 6.03 Å². The third-order valence-corrected chi connectivity index (χ3v) is 5.74. The molecule has 4 aromatic rings. The van der Waals surface area contributed by atoms with E-state index in [-0.39, 0.29) is 17.9 Å². The number of rotatable bonds is 4. The van der Waals surface area contributed by atoms with Crippen molar-refractivity contribution in [3.8, 4) is 16.9 Å². The Morgan fingerprint density at radius 2 is 1.97 bits per heavy atom. The van der Waals surface area contributed by atoms with E-state index in [4.69, 9.17) is 9.15 Å². The molecule has 0 aliphatic carbocycles. The predicted molar refractivity (Wildman–Crippen MR) is 120 cm³/mol. The summed E-state index contributed by atoms with van der Waals surface area (Å²) in [6.45, 7) is 0.602. The molecule has 1 fully saturated rings. The fourth-order valence-corrected chi connectivity index (χ4v) is 4.15. The van der Waals surface area contributed by atoms with Crippen molar-refractivity contribution in [2.45, 2.75) is 18.9 Å². The molecule has 1 aromatic heterocycles. The number of ether oxygens (including phenoxy) is 1. The van der Waals surface area contributed by atoms with E-state index in [1.165, 1.54) is 6.07 Å². The molecule has 5 rings (SSSR count). The van der Waals surface area contributed by atoms with Gasteiger partial charge in [-0.25, -0.2) is 14.2 Å². The van der Waals surface area contributed by atoms with Crippen LogP contribution in [-0.2, 0) is 0 Å². The molecule has 6 nitrogen and oxygen atoms in total. The number of methoxy groups -OCH3 is 1. The number of oxazole rings is 1. The van der Waals surface area contributed by atoms with Crippen LogP contribution < -0.4 is 10.1 Å². The molecule has 3 aromatic carbocycles. The van der Waals surface area contributed by atoms with Crippen molar-refractivity contribution in [3.63, 3.8) is 0 Å². The lowest BCUT2D eigenvalue weighted by molar-refractivity contribution is 0.198. The third kappa shape index (κ3) is 3.66. The highest BCUT2D eigenvalue weighted by molar-refractivity contribution is 5.91. The van der Waals surface area contributed by atoms with Crippen molar-refractivity contribution < 1.29 is 18.3 Å². The van der Waals surface area contributed by atoms with Gasteiger partial charge in [-0.1, -0.05) is 36.4 Å². The summed E-state index contributed by atoms with van der Waals surface area (Å²) in [6, 6.07) is 18.8. The molecular weight excluding hydrogens is 409 g/mol. The van der Waals surface area contributed by atoms with Gasteiger partial charge in [0.05, 0.1) is 12.8 Å². The van der Waals surface area contributed by atoms with Crippen LogP contribution >= 0.6 is 0 Å². The minimum atomic E-state index is -0.287. The van der Waals surface area contributed by atoms with Crippen molar-refractivity contribution in [1.82, 2.24) is 9.88 Å². The molecule has 0 bridgehead atoms. The maximum Gasteiger partial charge on any atom is 0.322 e. The summed E-state index contributed by atoms with van der Waals surface area (Å²) in [5.74, 6) is 0.794. The highest BCUT2D eigenvalue weighted by Gasteiger charge is 2.34. The number of carbonyl (C=O) groups is 1. The Balaban J connectivity index is 1.41. The summed E-state index contributed by atoms with van der Waals surface area (Å²) < 4.78 is 25.5. The fraction of sp³-hybridized carbons (Fsp3) is 0.200. The van der Waals surface area contributed by atoms with Crippen LogP contribution in [0.25, 0.3) is 22.2 Å². The number of nitrogens with one attached hydrogen (secondary N) is 1. The van der Waals surface area contributed by atoms with Crippen molar-refractivity contribution in [3.05, 3.63) is 78.4 Å². The first kappa shape index (κ1) is 20.1. The van der Waals surface area contributed by atoms with Gasteiger partial charge in [-0.2, -0.15) is 0 Å². The van der Waals surface area contributed by atoms with E-state index in [2.05, 4.69) is 10.3 Å². The average molecular weight is 431 g/mol. The van der Waals surface area contributed by atoms with Crippen LogP contribution in [0, 0.1) is 5.82 Å². The summed E-state index contributed by atoms with van der Waals surface area (Å²) >= 11 is 0. The summed E-state index contributed by atoms with van der Waals surface area (Å²) in [6.07, 6.45) is 1.61. The Morgan fingerprint density at radius 1 is 1.16 bits per heavy atom. The first-order chi connectivity index (χ1) is 15.6. The maximum absolute atomic E-state index is 14.2. The number of benzene rings is 3. The molecule has 1 aliphatic heterocycles. The third-order valence-electron chi connectivity index (χ3n) is 5.74. The van der Waals surface area contributed by atoms with Crippen LogP contribution in [0.15, 0.2) is 71.1 Å². The van der Waals surface area contributed by atoms with Gasteiger partial charge in [-0.15, -0.1) is 0 Å². The number of nitrogens with zero attached hydrogens (tertiary/aromatic N) is 2. The lowest BCUT2D eigenvalue weighted by Gasteiger charge is -2.23. The molecule has 1 N–H and O–H groups in total. The van der Waals surface area contributed by atoms with Crippen LogP contribution in [0.3, 0.4) is 0 Å². The fourth-order valence-electron chi connectivity index (χ4n) is 4.15. The molecule has 32 heavy (non-hydrogen) atoms. The normalized spacial score (nSPS) is 15.8. The Labute approximate surface area is 184 Å². The Bertz CT molecular complexity index is 1290. The van der Waals surface area contributed by atoms with E-state index in [9.17, 15) is 9.18 Å². The first-order valence-electron chi connectivity index (χ1n) is 10.5. The number of hydrogen-bond acceptors (Lipinski definition) is 4. The molecule has 0 spiro atoms. The number of halogens is 1. The molecule has 7 heteroatoms. The van der Waals surface area contributed by atoms with E-state index in [1.54, 1.807) is 48.4 Å². The molecule has 0 saturated carbocycles. The molecule has 0 unspecified atom stereocenters. The highest BCUT2D eigenvalue weighted by atomic mass is 19.1. The average Bonchev–Trinajstić information content (AvgIpc) is 3.46. The van der Waals surface area contributed by atoms with Crippen LogP contribution in [0.4, 0.5) is 14.9 Å². The SMILES string of the molecule is COc1ccccc1NC(=O)N1CCC[C@H]1c1nc2cc(-c3ccccc3F)ccc2o1. The van der Waals surface area contributed by atoms with Gasteiger partial charge in [0.25, 0.3) is 0 Å². The standard InChI is InChI=1S/C25H22FN3O3/c1-31-22-11-5-4-9-19(22)28-25(30)29-14-6-10-21(29)24-27-20-15-16(12-13-23(20)32-24)17-7-2-3-8-18(17)26/h2-5,7-9,11-13,15,21H,6,10,14H2,1H3,(H,28,30)/t21-/m0/s1. The minimum absolute atomic E-state index is 0.230. The van der Waals surface area contributed by atoms with Crippen molar-refractivity contribution in [2.24, 2.45) is 0 Å². The van der Waals surface area contributed by atoms with E-state index in [0.29, 0.717) is 40.5 Å². The summed E-state index contributed by atoms with van der Waals surface area (Å²) in [4.78, 5) is 19.4. The largest absolute Gasteiger partial charge is 0.495 e. The number of amides is 2. The van der Waals surface area contributed by atoms with Gasteiger partial charge in [0.15, 0.2) is 5.58 Å². The number of para-hydroxylation sites is 2. The number of likely N-dealkylation sites (tertiary alicyclic amines) is 1. The zero-order chi connectivity index (χ0) is 22.1. The van der Waals surface area contributed by atoms with E-state index in [1.807, 2.05) is 24.3 Å². The van der Waals surface area contributed by atoms with Crippen molar-refractivity contribution >= 4 is 22.8 Å². The van der Waals surface area contributed by atoms with Gasteiger partial charge in [0.1, 0.15) is 23.1 Å². The van der Waals surface area contributed by atoms with Gasteiger partial charge in [-0.05, 0) is 48.7 Å². The number of hydrogen-bond donors (Lipinski definition) is 1. The lowest BCUT2D eigenvalue weighted by atomic mass is 10.0. The quantitative estimate of drug-likeness (QED) is 0.430. The molecule has 2 amide bonds. The van der Waals surface area contributed by atoms with Gasteiger partial charge in [0, 0.05) is 12.1 Å². The number of anilines is 1. The first-order valence-corrected chi connectivity index (χ1v) is 10.5. The number of fused-ring (bicyclic) bond motifs is 1. The number of urea groups is 1. The molecule has 1 aliphatic rings. The van der Waals surface area contributed by atoms with Crippen molar-refractivity contribution in [1.29, 1.82) is 0 Å². The van der Waals surface area contributed by atoms with E-state index in [0.717, 1.165) is 18.4 Å². The second-order valence-electron chi connectivity index (χ2n) is 7.70. The smallest absolute Gasteiger partial charge is 0.322 e. The Kier molecular flexibility index (Phi) is 5.23. The van der Waals surface area contributed by atoms with Crippen LogP contribution in [0.1, 0.15) is 24.8 Å².